The molecule has 164 valence electrons. The van der Waals surface area contributed by atoms with E-state index in [1.807, 2.05) is 0 Å². The summed E-state index contributed by atoms with van der Waals surface area (Å²) in [4.78, 5) is 24.7. The van der Waals surface area contributed by atoms with Crippen LogP contribution >= 0.6 is 0 Å². The lowest BCUT2D eigenvalue weighted by Crippen LogP contribution is -2.60. The molecule has 6 nitrogen and oxygen atoms in total. The van der Waals surface area contributed by atoms with Gasteiger partial charge in [0, 0.05) is 35.7 Å². The number of rotatable bonds is 5. The van der Waals surface area contributed by atoms with Crippen molar-refractivity contribution in [1.29, 1.82) is 0 Å². The van der Waals surface area contributed by atoms with Crippen LogP contribution in [-0.4, -0.2) is 37.0 Å². The zero-order chi connectivity index (χ0) is 22.1. The molecule has 1 saturated heterocycles. The maximum absolute atomic E-state index is 13.7. The zero-order valence-corrected chi connectivity index (χ0v) is 15.9. The van der Waals surface area contributed by atoms with Gasteiger partial charge in [-0.05, 0) is 26.0 Å². The van der Waals surface area contributed by atoms with Crippen LogP contribution in [0.3, 0.4) is 0 Å². The Balaban J connectivity index is 1.72. The summed E-state index contributed by atoms with van der Waals surface area (Å²) in [5.74, 6) is -3.54. The second kappa shape index (κ2) is 8.68. The molecular formula is C19H20F5N3O3. The molecule has 3 atom stereocenters. The highest BCUT2D eigenvalue weighted by molar-refractivity contribution is 6.00. The average molecular weight is 433 g/mol. The second-order valence-corrected chi connectivity index (χ2v) is 7.18. The summed E-state index contributed by atoms with van der Waals surface area (Å²) in [5.41, 5.74) is 0.417. The van der Waals surface area contributed by atoms with Crippen molar-refractivity contribution >= 4 is 11.8 Å². The number of halogens is 5. The van der Waals surface area contributed by atoms with Gasteiger partial charge in [0.15, 0.2) is 0 Å². The largest absolute Gasteiger partial charge is 0.524 e. The van der Waals surface area contributed by atoms with Crippen LogP contribution in [0.5, 0.6) is 0 Å². The first kappa shape index (κ1) is 22.2. The van der Waals surface area contributed by atoms with Crippen LogP contribution in [0.4, 0.5) is 22.0 Å². The van der Waals surface area contributed by atoms with E-state index in [-0.39, 0.29) is 24.2 Å². The molecule has 0 saturated carbocycles. The van der Waals surface area contributed by atoms with E-state index in [9.17, 15) is 31.5 Å². The van der Waals surface area contributed by atoms with E-state index in [0.29, 0.717) is 18.1 Å². The van der Waals surface area contributed by atoms with E-state index >= 15 is 0 Å². The number of amides is 2. The van der Waals surface area contributed by atoms with Crippen LogP contribution in [0.1, 0.15) is 25.3 Å². The van der Waals surface area contributed by atoms with Crippen molar-refractivity contribution < 1.29 is 36.3 Å². The van der Waals surface area contributed by atoms with Crippen LogP contribution in [0.25, 0.3) is 0 Å². The first-order valence-electron chi connectivity index (χ1n) is 9.24. The van der Waals surface area contributed by atoms with Gasteiger partial charge in [-0.2, -0.15) is 0 Å². The van der Waals surface area contributed by atoms with Crippen LogP contribution < -0.4 is 16.0 Å². The Hall–Kier alpha value is -2.53. The molecule has 30 heavy (non-hydrogen) atoms. The highest BCUT2D eigenvalue weighted by Crippen LogP contribution is 2.35. The maximum Gasteiger partial charge on any atom is 0.524 e. The van der Waals surface area contributed by atoms with E-state index in [2.05, 4.69) is 20.7 Å². The topological polar surface area (TPSA) is 79.5 Å². The van der Waals surface area contributed by atoms with E-state index in [0.717, 1.165) is 6.07 Å². The van der Waals surface area contributed by atoms with Crippen molar-refractivity contribution in [3.05, 3.63) is 46.5 Å². The van der Waals surface area contributed by atoms with E-state index in [1.165, 1.54) is 13.0 Å². The van der Waals surface area contributed by atoms with Crippen molar-refractivity contribution in [2.45, 2.75) is 44.9 Å². The Labute approximate surface area is 168 Å². The quantitative estimate of drug-likeness (QED) is 0.623. The lowest BCUT2D eigenvalue weighted by molar-refractivity contribution is -0.353. The second-order valence-electron chi connectivity index (χ2n) is 7.18. The Kier molecular flexibility index (Phi) is 6.41. The van der Waals surface area contributed by atoms with Gasteiger partial charge >= 0.3 is 6.36 Å². The molecule has 2 aliphatic rings. The molecule has 0 bridgehead atoms. The summed E-state index contributed by atoms with van der Waals surface area (Å²) >= 11 is 0. The van der Waals surface area contributed by atoms with Crippen molar-refractivity contribution in [3.63, 3.8) is 0 Å². The van der Waals surface area contributed by atoms with Crippen LogP contribution in [-0.2, 0) is 20.9 Å². The summed E-state index contributed by atoms with van der Waals surface area (Å²) in [6.07, 6.45) is -6.24. The third kappa shape index (κ3) is 5.14. The summed E-state index contributed by atoms with van der Waals surface area (Å²) in [6, 6.07) is 2.36. The zero-order valence-electron chi connectivity index (χ0n) is 15.9. The Bertz CT molecular complexity index is 871. The van der Waals surface area contributed by atoms with E-state index in [1.54, 1.807) is 0 Å². The molecule has 0 aliphatic carbocycles. The molecule has 1 aromatic carbocycles. The molecule has 11 heteroatoms. The molecule has 1 aromatic rings. The highest BCUT2D eigenvalue weighted by atomic mass is 19.4. The number of hydrogen-bond donors (Lipinski definition) is 3. The van der Waals surface area contributed by atoms with Gasteiger partial charge in [-0.25, -0.2) is 8.78 Å². The fourth-order valence-electron chi connectivity index (χ4n) is 3.79. The van der Waals surface area contributed by atoms with Crippen molar-refractivity contribution in [1.82, 2.24) is 16.0 Å². The van der Waals surface area contributed by atoms with Gasteiger partial charge in [0.05, 0.1) is 6.42 Å². The molecule has 3 rings (SSSR count). The molecule has 1 fully saturated rings. The number of carbonyl (C=O) groups is 2. The highest BCUT2D eigenvalue weighted by Gasteiger charge is 2.45. The average Bonchev–Trinajstić information content (AvgIpc) is 2.63. The number of piperidine rings is 1. The minimum atomic E-state index is -4.86. The smallest absolute Gasteiger partial charge is 0.352 e. The minimum absolute atomic E-state index is 0.0350. The van der Waals surface area contributed by atoms with Gasteiger partial charge in [0.25, 0.3) is 0 Å². The Morgan fingerprint density at radius 3 is 2.70 bits per heavy atom. The molecule has 2 aliphatic heterocycles. The number of alkyl halides is 3. The summed E-state index contributed by atoms with van der Waals surface area (Å²) in [5, 5.41) is 7.72. The Morgan fingerprint density at radius 1 is 1.30 bits per heavy atom. The van der Waals surface area contributed by atoms with Crippen LogP contribution in [0.2, 0.25) is 0 Å². The fourth-order valence-corrected chi connectivity index (χ4v) is 3.79. The standard InChI is InChI=1S/C19H20F5N3O3/c1-9-12(7-15(28)26-8-10-2-3-11(20)6-13(10)21)17(29)27-14-4-5-25-18(16(9)14)30-19(22,23)24/h2-3,6,14,16,18,25H,4-5,7-8H2,1H3,(H,26,28)(H,27,29). The van der Waals surface area contributed by atoms with Crippen LogP contribution in [0.15, 0.2) is 29.3 Å². The monoisotopic (exact) mass is 433 g/mol. The number of ether oxygens (including phenoxy) is 1. The number of benzene rings is 1. The first-order valence-corrected chi connectivity index (χ1v) is 9.24. The lowest BCUT2D eigenvalue weighted by atomic mass is 9.79. The van der Waals surface area contributed by atoms with Crippen molar-refractivity contribution in [2.24, 2.45) is 5.92 Å². The van der Waals surface area contributed by atoms with Crippen molar-refractivity contribution in [3.8, 4) is 0 Å². The predicted octanol–water partition coefficient (Wildman–Crippen LogP) is 2.26. The molecule has 0 spiro atoms. The Morgan fingerprint density at radius 2 is 2.03 bits per heavy atom. The number of nitrogens with one attached hydrogen (secondary N) is 3. The SMILES string of the molecule is CC1=C(CC(=O)NCc2ccc(F)cc2F)C(=O)NC2CCNC(OC(F)(F)F)C12. The van der Waals surface area contributed by atoms with Crippen LogP contribution in [0, 0.1) is 17.6 Å². The number of hydrogen-bond acceptors (Lipinski definition) is 4. The van der Waals surface area contributed by atoms with Gasteiger partial charge in [0.1, 0.15) is 17.9 Å². The normalized spacial score (nSPS) is 24.3. The predicted molar refractivity (Wildman–Crippen MR) is 94.5 cm³/mol. The molecule has 0 radical (unpaired) electrons. The molecule has 3 unspecified atom stereocenters. The first-order chi connectivity index (χ1) is 14.0. The molecule has 3 N–H and O–H groups in total. The van der Waals surface area contributed by atoms with Gasteiger partial charge in [0.2, 0.25) is 11.8 Å². The van der Waals surface area contributed by atoms with E-state index in [4.69, 9.17) is 0 Å². The third-order valence-electron chi connectivity index (χ3n) is 5.22. The molecule has 2 heterocycles. The molecule has 0 aromatic heterocycles. The molecular weight excluding hydrogens is 413 g/mol. The fraction of sp³-hybridized carbons (Fsp3) is 0.474. The van der Waals surface area contributed by atoms with Gasteiger partial charge < -0.3 is 10.6 Å². The van der Waals surface area contributed by atoms with Crippen molar-refractivity contribution in [2.75, 3.05) is 6.54 Å². The van der Waals surface area contributed by atoms with Gasteiger partial charge in [-0.15, -0.1) is 13.2 Å². The van der Waals surface area contributed by atoms with Gasteiger partial charge in [-0.1, -0.05) is 11.6 Å². The number of fused-ring (bicyclic) bond motifs is 1. The summed E-state index contributed by atoms with van der Waals surface area (Å²) in [7, 11) is 0. The third-order valence-corrected chi connectivity index (χ3v) is 5.22. The number of carbonyl (C=O) groups excluding carboxylic acids is 2. The lowest BCUT2D eigenvalue weighted by Gasteiger charge is -2.43. The molecule has 2 amide bonds. The maximum atomic E-state index is 13.7. The minimum Gasteiger partial charge on any atom is -0.352 e. The van der Waals surface area contributed by atoms with Gasteiger partial charge in [-0.3, -0.25) is 19.6 Å². The summed E-state index contributed by atoms with van der Waals surface area (Å²) < 4.78 is 69.0. The summed E-state index contributed by atoms with van der Waals surface area (Å²) in [6.45, 7) is 1.50. The van der Waals surface area contributed by atoms with E-state index < -0.39 is 54.4 Å².